The Balaban J connectivity index is 2.28. The Kier molecular flexibility index (Phi) is 6.43. The van der Waals surface area contributed by atoms with Gasteiger partial charge in [-0.1, -0.05) is 46.3 Å². The van der Waals surface area contributed by atoms with Crippen molar-refractivity contribution < 1.29 is 23.8 Å². The van der Waals surface area contributed by atoms with Crippen LogP contribution in [-0.2, 0) is 9.53 Å². The molecular formula is C21H21BrN2O5. The van der Waals surface area contributed by atoms with Gasteiger partial charge in [0, 0.05) is 10.0 Å². The molecule has 0 saturated carbocycles. The molecule has 1 aliphatic heterocycles. The van der Waals surface area contributed by atoms with Gasteiger partial charge in [-0.25, -0.2) is 9.59 Å². The largest absolute Gasteiger partial charge is 0.493 e. The van der Waals surface area contributed by atoms with Crippen molar-refractivity contribution in [2.45, 2.75) is 13.0 Å². The molecule has 152 valence electrons. The van der Waals surface area contributed by atoms with Gasteiger partial charge in [-0.15, -0.1) is 0 Å². The van der Waals surface area contributed by atoms with Gasteiger partial charge >= 0.3 is 12.0 Å². The molecule has 0 aliphatic carbocycles. The number of amides is 2. The van der Waals surface area contributed by atoms with Gasteiger partial charge in [0.15, 0.2) is 11.5 Å². The third kappa shape index (κ3) is 4.22. The third-order valence-electron chi connectivity index (χ3n) is 4.41. The standard InChI is InChI=1S/C21H21BrN2O5/c1-4-29-20(25)16-17(12-8-6-5-7-9-12)23-21(26)24-18(16)14-10-13(22)11-15(27-2)19(14)28-3/h5-11,18H,4H2,1-3H3,(H2,23,24,26)/t18-/m0/s1. The number of ether oxygens (including phenoxy) is 3. The van der Waals surface area contributed by atoms with E-state index >= 15 is 0 Å². The normalized spacial score (nSPS) is 16.0. The van der Waals surface area contributed by atoms with Crippen molar-refractivity contribution in [1.82, 2.24) is 10.6 Å². The molecule has 1 aliphatic rings. The van der Waals surface area contributed by atoms with E-state index in [0.29, 0.717) is 32.8 Å². The minimum atomic E-state index is -0.806. The molecule has 2 aromatic carbocycles. The van der Waals surface area contributed by atoms with Crippen LogP contribution in [-0.4, -0.2) is 32.8 Å². The zero-order valence-corrected chi connectivity index (χ0v) is 17.8. The van der Waals surface area contributed by atoms with E-state index in [2.05, 4.69) is 26.6 Å². The van der Waals surface area contributed by atoms with Crippen LogP contribution in [0.5, 0.6) is 11.5 Å². The van der Waals surface area contributed by atoms with E-state index in [-0.39, 0.29) is 12.2 Å². The predicted molar refractivity (Wildman–Crippen MR) is 112 cm³/mol. The summed E-state index contributed by atoms with van der Waals surface area (Å²) in [6, 6.07) is 11.4. The van der Waals surface area contributed by atoms with Crippen LogP contribution in [0.4, 0.5) is 4.79 Å². The highest BCUT2D eigenvalue weighted by Gasteiger charge is 2.36. The summed E-state index contributed by atoms with van der Waals surface area (Å²) < 4.78 is 17.0. The van der Waals surface area contributed by atoms with Crippen LogP contribution in [0.2, 0.25) is 0 Å². The second-order valence-corrected chi connectivity index (χ2v) is 7.05. The molecule has 8 heteroatoms. The van der Waals surface area contributed by atoms with Crippen LogP contribution in [0.1, 0.15) is 24.1 Å². The van der Waals surface area contributed by atoms with Crippen molar-refractivity contribution in [3.63, 3.8) is 0 Å². The zero-order chi connectivity index (χ0) is 21.0. The summed E-state index contributed by atoms with van der Waals surface area (Å²) in [6.45, 7) is 1.93. The van der Waals surface area contributed by atoms with Crippen molar-refractivity contribution in [2.24, 2.45) is 0 Å². The fourth-order valence-electron chi connectivity index (χ4n) is 3.23. The molecule has 29 heavy (non-hydrogen) atoms. The van der Waals surface area contributed by atoms with E-state index in [1.165, 1.54) is 14.2 Å². The number of carbonyl (C=O) groups excluding carboxylic acids is 2. The molecule has 0 spiro atoms. The SMILES string of the molecule is CCOC(=O)C1=C(c2ccccc2)NC(=O)N[C@H]1c1cc(Br)cc(OC)c1OC. The minimum Gasteiger partial charge on any atom is -0.493 e. The van der Waals surface area contributed by atoms with Gasteiger partial charge in [-0.2, -0.15) is 0 Å². The first-order valence-electron chi connectivity index (χ1n) is 8.95. The lowest BCUT2D eigenvalue weighted by Crippen LogP contribution is -2.45. The number of hydrogen-bond donors (Lipinski definition) is 2. The quantitative estimate of drug-likeness (QED) is 0.640. The first-order chi connectivity index (χ1) is 14.0. The zero-order valence-electron chi connectivity index (χ0n) is 16.2. The van der Waals surface area contributed by atoms with Crippen LogP contribution >= 0.6 is 15.9 Å². The van der Waals surface area contributed by atoms with E-state index in [1.807, 2.05) is 30.3 Å². The molecule has 7 nitrogen and oxygen atoms in total. The molecule has 0 unspecified atom stereocenters. The molecule has 0 saturated heterocycles. The fraction of sp³-hybridized carbons (Fsp3) is 0.238. The molecule has 2 amide bonds. The highest BCUT2D eigenvalue weighted by molar-refractivity contribution is 9.10. The maximum Gasteiger partial charge on any atom is 0.338 e. The molecule has 0 aromatic heterocycles. The van der Waals surface area contributed by atoms with Crippen LogP contribution < -0.4 is 20.1 Å². The summed E-state index contributed by atoms with van der Waals surface area (Å²) in [7, 11) is 3.02. The van der Waals surface area contributed by atoms with Gasteiger partial charge in [0.2, 0.25) is 0 Å². The summed E-state index contributed by atoms with van der Waals surface area (Å²) in [4.78, 5) is 25.5. The number of hydrogen-bond acceptors (Lipinski definition) is 5. The van der Waals surface area contributed by atoms with Gasteiger partial charge in [0.1, 0.15) is 0 Å². The second-order valence-electron chi connectivity index (χ2n) is 6.14. The molecule has 2 aromatic rings. The van der Waals surface area contributed by atoms with Crippen molar-refractivity contribution in [1.29, 1.82) is 0 Å². The third-order valence-corrected chi connectivity index (χ3v) is 4.87. The first kappa shape index (κ1) is 20.7. The number of benzene rings is 2. The van der Waals surface area contributed by atoms with Crippen LogP contribution in [0.15, 0.2) is 52.5 Å². The van der Waals surface area contributed by atoms with Crippen LogP contribution in [0, 0.1) is 0 Å². The van der Waals surface area contributed by atoms with Gasteiger partial charge in [0.25, 0.3) is 0 Å². The van der Waals surface area contributed by atoms with Crippen molar-refractivity contribution in [3.05, 3.63) is 63.6 Å². The number of halogens is 1. The van der Waals surface area contributed by atoms with Crippen molar-refractivity contribution >= 4 is 33.6 Å². The van der Waals surface area contributed by atoms with E-state index in [1.54, 1.807) is 19.1 Å². The average molecular weight is 461 g/mol. The van der Waals surface area contributed by atoms with Gasteiger partial charge in [-0.05, 0) is 24.6 Å². The molecule has 2 N–H and O–H groups in total. The Morgan fingerprint density at radius 2 is 1.86 bits per heavy atom. The summed E-state index contributed by atoms with van der Waals surface area (Å²) in [5.74, 6) is 0.344. The van der Waals surface area contributed by atoms with Gasteiger partial charge in [-0.3, -0.25) is 0 Å². The number of carbonyl (C=O) groups is 2. The number of urea groups is 1. The summed E-state index contributed by atoms with van der Waals surface area (Å²) >= 11 is 3.45. The number of esters is 1. The van der Waals surface area contributed by atoms with E-state index < -0.39 is 18.0 Å². The van der Waals surface area contributed by atoms with E-state index in [4.69, 9.17) is 14.2 Å². The monoisotopic (exact) mass is 460 g/mol. The molecule has 0 radical (unpaired) electrons. The summed E-state index contributed by atoms with van der Waals surface area (Å²) in [6.07, 6.45) is 0. The van der Waals surface area contributed by atoms with Crippen LogP contribution in [0.3, 0.4) is 0 Å². The Labute approximate surface area is 177 Å². The number of rotatable bonds is 6. The lowest BCUT2D eigenvalue weighted by molar-refractivity contribution is -0.138. The maximum absolute atomic E-state index is 13.0. The number of methoxy groups -OCH3 is 2. The van der Waals surface area contributed by atoms with Crippen molar-refractivity contribution in [2.75, 3.05) is 20.8 Å². The Morgan fingerprint density at radius 3 is 2.48 bits per heavy atom. The lowest BCUT2D eigenvalue weighted by Gasteiger charge is -2.30. The van der Waals surface area contributed by atoms with Gasteiger partial charge in [0.05, 0.1) is 38.1 Å². The van der Waals surface area contributed by atoms with Crippen LogP contribution in [0.25, 0.3) is 5.70 Å². The Bertz CT molecular complexity index is 959. The van der Waals surface area contributed by atoms with Gasteiger partial charge < -0.3 is 24.8 Å². The molecular weight excluding hydrogens is 440 g/mol. The summed E-state index contributed by atoms with van der Waals surface area (Å²) in [5, 5.41) is 5.56. The fourth-order valence-corrected chi connectivity index (χ4v) is 3.69. The second kappa shape index (κ2) is 9.00. The molecule has 1 atom stereocenters. The Morgan fingerprint density at radius 1 is 1.14 bits per heavy atom. The Hall–Kier alpha value is -3.00. The lowest BCUT2D eigenvalue weighted by atomic mass is 9.92. The predicted octanol–water partition coefficient (Wildman–Crippen LogP) is 3.79. The van der Waals surface area contributed by atoms with E-state index in [9.17, 15) is 9.59 Å². The molecule has 0 bridgehead atoms. The maximum atomic E-state index is 13.0. The average Bonchev–Trinajstić information content (AvgIpc) is 2.73. The summed E-state index contributed by atoms with van der Waals surface area (Å²) in [5.41, 5.74) is 1.91. The highest BCUT2D eigenvalue weighted by Crippen LogP contribution is 2.42. The minimum absolute atomic E-state index is 0.198. The first-order valence-corrected chi connectivity index (χ1v) is 9.75. The smallest absolute Gasteiger partial charge is 0.338 e. The molecule has 1 heterocycles. The van der Waals surface area contributed by atoms with Crippen molar-refractivity contribution in [3.8, 4) is 11.5 Å². The topological polar surface area (TPSA) is 85.9 Å². The highest BCUT2D eigenvalue weighted by atomic mass is 79.9. The van der Waals surface area contributed by atoms with E-state index in [0.717, 1.165) is 0 Å². The molecule has 3 rings (SSSR count). The number of nitrogens with one attached hydrogen (secondary N) is 2. The molecule has 0 fully saturated rings.